The summed E-state index contributed by atoms with van der Waals surface area (Å²) >= 11 is 6.17. The van der Waals surface area contributed by atoms with E-state index in [9.17, 15) is 4.79 Å². The van der Waals surface area contributed by atoms with E-state index in [0.717, 1.165) is 5.69 Å². The van der Waals surface area contributed by atoms with E-state index in [0.29, 0.717) is 42.5 Å². The van der Waals surface area contributed by atoms with Crippen molar-refractivity contribution in [2.75, 3.05) is 11.9 Å². The third kappa shape index (κ3) is 5.02. The van der Waals surface area contributed by atoms with Crippen LogP contribution in [0, 0.1) is 0 Å². The molecule has 1 aromatic carbocycles. The Morgan fingerprint density at radius 1 is 1.32 bits per heavy atom. The summed E-state index contributed by atoms with van der Waals surface area (Å²) in [5.41, 5.74) is 6.83. The summed E-state index contributed by atoms with van der Waals surface area (Å²) in [6.07, 6.45) is 2.76. The molecule has 3 N–H and O–H groups in total. The molecule has 6 heteroatoms. The summed E-state index contributed by atoms with van der Waals surface area (Å²) in [5.74, 6) is 0.468. The first-order chi connectivity index (χ1) is 10.7. The van der Waals surface area contributed by atoms with E-state index in [1.165, 1.54) is 0 Å². The van der Waals surface area contributed by atoms with Crippen molar-refractivity contribution in [3.8, 4) is 5.75 Å². The van der Waals surface area contributed by atoms with Crippen LogP contribution < -0.4 is 15.8 Å². The molecular formula is C16H18ClN3O2. The quantitative estimate of drug-likeness (QED) is 0.822. The van der Waals surface area contributed by atoms with E-state index in [-0.39, 0.29) is 5.91 Å². The van der Waals surface area contributed by atoms with Crippen LogP contribution >= 0.6 is 11.6 Å². The molecule has 0 atom stereocenters. The summed E-state index contributed by atoms with van der Waals surface area (Å²) < 4.78 is 5.62. The number of carbonyl (C=O) groups excluding carboxylic acids is 1. The van der Waals surface area contributed by atoms with Crippen LogP contribution in [0.1, 0.15) is 18.5 Å². The predicted octanol–water partition coefficient (Wildman–Crippen LogP) is 2.99. The van der Waals surface area contributed by atoms with Gasteiger partial charge >= 0.3 is 0 Å². The number of nitrogens with zero attached hydrogens (tertiary/aromatic N) is 1. The highest BCUT2D eigenvalue weighted by molar-refractivity contribution is 6.32. The third-order valence-corrected chi connectivity index (χ3v) is 3.22. The number of hydrogen-bond acceptors (Lipinski definition) is 4. The number of hydrogen-bond donors (Lipinski definition) is 2. The first-order valence-corrected chi connectivity index (χ1v) is 7.39. The fourth-order valence-electron chi connectivity index (χ4n) is 1.82. The number of amides is 1. The Kier molecular flexibility index (Phi) is 6.18. The van der Waals surface area contributed by atoms with Gasteiger partial charge < -0.3 is 15.8 Å². The second kappa shape index (κ2) is 8.36. The molecule has 0 unspecified atom stereocenters. The summed E-state index contributed by atoms with van der Waals surface area (Å²) in [4.78, 5) is 15.8. The number of anilines is 1. The lowest BCUT2D eigenvalue weighted by Crippen LogP contribution is -2.13. The summed E-state index contributed by atoms with van der Waals surface area (Å²) in [6.45, 7) is 0.831. The highest BCUT2D eigenvalue weighted by Gasteiger charge is 2.06. The zero-order chi connectivity index (χ0) is 15.8. The van der Waals surface area contributed by atoms with Gasteiger partial charge in [0.2, 0.25) is 5.91 Å². The van der Waals surface area contributed by atoms with Gasteiger partial charge in [0, 0.05) is 18.3 Å². The molecule has 2 aromatic rings. The number of pyridine rings is 1. The monoisotopic (exact) mass is 319 g/mol. The van der Waals surface area contributed by atoms with Crippen LogP contribution in [0.5, 0.6) is 5.75 Å². The molecule has 1 aromatic heterocycles. The molecule has 0 aliphatic heterocycles. The second-order valence-corrected chi connectivity index (χ2v) is 5.10. The van der Waals surface area contributed by atoms with Crippen LogP contribution in [0.15, 0.2) is 42.6 Å². The Labute approximate surface area is 134 Å². The number of rotatable bonds is 7. The predicted molar refractivity (Wildman–Crippen MR) is 86.9 cm³/mol. The number of nitrogens with one attached hydrogen (secondary N) is 1. The van der Waals surface area contributed by atoms with Crippen molar-refractivity contribution < 1.29 is 9.53 Å². The topological polar surface area (TPSA) is 77.2 Å². The van der Waals surface area contributed by atoms with E-state index in [1.54, 1.807) is 24.4 Å². The summed E-state index contributed by atoms with van der Waals surface area (Å²) in [5, 5.41) is 3.21. The normalized spacial score (nSPS) is 10.3. The molecule has 0 radical (unpaired) electrons. The van der Waals surface area contributed by atoms with E-state index >= 15 is 0 Å². The van der Waals surface area contributed by atoms with Gasteiger partial charge in [-0.25, -0.2) is 0 Å². The lowest BCUT2D eigenvalue weighted by atomic mass is 10.2. The second-order valence-electron chi connectivity index (χ2n) is 4.70. The number of ether oxygens (including phenoxy) is 1. The smallest absolute Gasteiger partial charge is 0.224 e. The average molecular weight is 320 g/mol. The van der Waals surface area contributed by atoms with E-state index < -0.39 is 0 Å². The van der Waals surface area contributed by atoms with Gasteiger partial charge in [-0.2, -0.15) is 0 Å². The van der Waals surface area contributed by atoms with Gasteiger partial charge in [0.15, 0.2) is 0 Å². The van der Waals surface area contributed by atoms with Crippen LogP contribution in [-0.2, 0) is 11.4 Å². The highest BCUT2D eigenvalue weighted by Crippen LogP contribution is 2.28. The lowest BCUT2D eigenvalue weighted by molar-refractivity contribution is -0.116. The molecule has 0 spiro atoms. The number of benzene rings is 1. The first kappa shape index (κ1) is 16.3. The molecule has 2 rings (SSSR count). The molecule has 22 heavy (non-hydrogen) atoms. The molecule has 0 bridgehead atoms. The van der Waals surface area contributed by atoms with Gasteiger partial charge in [0.05, 0.1) is 10.7 Å². The molecule has 0 aliphatic carbocycles. The van der Waals surface area contributed by atoms with Crippen LogP contribution in [-0.4, -0.2) is 17.4 Å². The molecule has 1 heterocycles. The van der Waals surface area contributed by atoms with Crippen molar-refractivity contribution in [2.45, 2.75) is 19.4 Å². The van der Waals surface area contributed by atoms with Gasteiger partial charge in [-0.15, -0.1) is 0 Å². The standard InChI is InChI=1S/C16H18ClN3O2/c17-14-10-12(20-16(21)5-3-8-18)6-7-15(14)22-11-13-4-1-2-9-19-13/h1-2,4,6-7,9-10H,3,5,8,11,18H2,(H,20,21). The van der Waals surface area contributed by atoms with Gasteiger partial charge in [-0.3, -0.25) is 9.78 Å². The number of carbonyl (C=O) groups is 1. The maximum atomic E-state index is 11.6. The first-order valence-electron chi connectivity index (χ1n) is 7.01. The fourth-order valence-corrected chi connectivity index (χ4v) is 2.05. The zero-order valence-electron chi connectivity index (χ0n) is 12.1. The molecule has 116 valence electrons. The van der Waals surface area contributed by atoms with Crippen molar-refractivity contribution >= 4 is 23.2 Å². The Morgan fingerprint density at radius 3 is 2.86 bits per heavy atom. The largest absolute Gasteiger partial charge is 0.486 e. The molecule has 0 aliphatic rings. The molecule has 5 nitrogen and oxygen atoms in total. The SMILES string of the molecule is NCCCC(=O)Nc1ccc(OCc2ccccn2)c(Cl)c1. The summed E-state index contributed by atoms with van der Waals surface area (Å²) in [6, 6.07) is 10.8. The van der Waals surface area contributed by atoms with Crippen LogP contribution in [0.4, 0.5) is 5.69 Å². The van der Waals surface area contributed by atoms with E-state index in [4.69, 9.17) is 22.1 Å². The minimum absolute atomic E-state index is 0.0799. The van der Waals surface area contributed by atoms with Crippen molar-refractivity contribution in [3.63, 3.8) is 0 Å². The van der Waals surface area contributed by atoms with Gasteiger partial charge in [0.1, 0.15) is 12.4 Å². The fraction of sp³-hybridized carbons (Fsp3) is 0.250. The van der Waals surface area contributed by atoms with Gasteiger partial charge in [-0.1, -0.05) is 17.7 Å². The highest BCUT2D eigenvalue weighted by atomic mass is 35.5. The van der Waals surface area contributed by atoms with E-state index in [2.05, 4.69) is 10.3 Å². The van der Waals surface area contributed by atoms with Crippen LogP contribution in [0.3, 0.4) is 0 Å². The Morgan fingerprint density at radius 2 is 2.18 bits per heavy atom. The average Bonchev–Trinajstić information content (AvgIpc) is 2.53. The van der Waals surface area contributed by atoms with Crippen molar-refractivity contribution in [3.05, 3.63) is 53.3 Å². The minimum atomic E-state index is -0.0799. The maximum absolute atomic E-state index is 11.6. The number of halogens is 1. The molecule has 0 fully saturated rings. The third-order valence-electron chi connectivity index (χ3n) is 2.93. The summed E-state index contributed by atoms with van der Waals surface area (Å²) in [7, 11) is 0. The van der Waals surface area contributed by atoms with Crippen molar-refractivity contribution in [1.29, 1.82) is 0 Å². The Bertz CT molecular complexity index is 620. The van der Waals surface area contributed by atoms with Crippen molar-refractivity contribution in [2.24, 2.45) is 5.73 Å². The van der Waals surface area contributed by atoms with Crippen molar-refractivity contribution in [1.82, 2.24) is 4.98 Å². The molecule has 0 saturated heterocycles. The molecule has 1 amide bonds. The van der Waals surface area contributed by atoms with Crippen LogP contribution in [0.25, 0.3) is 0 Å². The molecular weight excluding hydrogens is 302 g/mol. The Hall–Kier alpha value is -2.11. The number of nitrogens with two attached hydrogens (primary N) is 1. The maximum Gasteiger partial charge on any atom is 0.224 e. The van der Waals surface area contributed by atoms with Gasteiger partial charge in [-0.05, 0) is 43.3 Å². The molecule has 0 saturated carbocycles. The lowest BCUT2D eigenvalue weighted by Gasteiger charge is -2.10. The van der Waals surface area contributed by atoms with Crippen LogP contribution in [0.2, 0.25) is 5.02 Å². The minimum Gasteiger partial charge on any atom is -0.486 e. The van der Waals surface area contributed by atoms with Gasteiger partial charge in [0.25, 0.3) is 0 Å². The zero-order valence-corrected chi connectivity index (χ0v) is 12.8. The number of aromatic nitrogens is 1. The van der Waals surface area contributed by atoms with E-state index in [1.807, 2.05) is 18.2 Å². The Balaban J connectivity index is 1.93.